The third-order valence-electron chi connectivity index (χ3n) is 10.1. The van der Waals surface area contributed by atoms with E-state index in [1.807, 2.05) is 97.1 Å². The van der Waals surface area contributed by atoms with E-state index in [2.05, 4.69) is 83.1 Å². The zero-order chi connectivity index (χ0) is 38.3. The molecule has 7 aromatic carbocycles. The van der Waals surface area contributed by atoms with Gasteiger partial charge < -0.3 is 25.8 Å². The van der Waals surface area contributed by atoms with Crippen molar-refractivity contribution in [1.82, 2.24) is 0 Å². The van der Waals surface area contributed by atoms with Crippen molar-refractivity contribution in [3.63, 3.8) is 0 Å². The van der Waals surface area contributed by atoms with Crippen molar-refractivity contribution in [2.24, 2.45) is 0 Å². The van der Waals surface area contributed by atoms with Crippen LogP contribution in [-0.4, -0.2) is 0 Å². The number of hydrogen-bond acceptors (Lipinski definition) is 6. The third-order valence-corrected chi connectivity index (χ3v) is 12.1. The van der Waals surface area contributed by atoms with E-state index in [1.165, 1.54) is 5.56 Å². The summed E-state index contributed by atoms with van der Waals surface area (Å²) in [6.07, 6.45) is 0. The van der Waals surface area contributed by atoms with Crippen molar-refractivity contribution in [3.05, 3.63) is 190 Å². The summed E-state index contributed by atoms with van der Waals surface area (Å²) in [6.45, 7) is 10.5. The molecule has 0 saturated heterocycles. The monoisotopic (exact) mass is 774 g/mol. The summed E-state index contributed by atoms with van der Waals surface area (Å²) in [5.74, 6) is 1.08. The molecule has 9 rings (SSSR count). The van der Waals surface area contributed by atoms with Crippen LogP contribution in [0.4, 0.5) is 0 Å². The molecule has 8 heteroatoms. The molecule has 2 heterocycles. The van der Waals surface area contributed by atoms with E-state index in [4.69, 9.17) is 25.8 Å². The molecule has 0 aliphatic heterocycles. The molecule has 0 N–H and O–H groups in total. The van der Waals surface area contributed by atoms with Crippen LogP contribution in [0.15, 0.2) is 162 Å². The van der Waals surface area contributed by atoms with Gasteiger partial charge >= 0.3 is 16.5 Å². The van der Waals surface area contributed by atoms with Crippen LogP contribution in [0.1, 0.15) is 50.4 Å². The summed E-state index contributed by atoms with van der Waals surface area (Å²) >= 11 is 0. The van der Waals surface area contributed by atoms with E-state index in [0.717, 1.165) is 60.5 Å². The predicted molar refractivity (Wildman–Crippen MR) is 229 cm³/mol. The molecule has 0 spiro atoms. The summed E-state index contributed by atoms with van der Waals surface area (Å²) in [6, 6.07) is 49.4. The summed E-state index contributed by atoms with van der Waals surface area (Å²) in [4.78, 5) is 0. The molecule has 2 aromatic heterocycles. The minimum atomic E-state index is -1.91. The largest absolute Gasteiger partial charge is 0.453 e. The molecule has 278 valence electrons. The fraction of sp³-hybridized carbons (Fsp3) is 0.125. The van der Waals surface area contributed by atoms with E-state index in [1.54, 1.807) is 0 Å². The van der Waals surface area contributed by atoms with Gasteiger partial charge in [0.15, 0.2) is 0 Å². The average molecular weight is 775 g/mol. The van der Waals surface area contributed by atoms with Gasteiger partial charge in [-0.05, 0) is 75.6 Å². The van der Waals surface area contributed by atoms with Gasteiger partial charge in [0.2, 0.25) is 0 Å². The van der Waals surface area contributed by atoms with Crippen molar-refractivity contribution in [1.29, 1.82) is 0 Å². The molecule has 0 unspecified atom stereocenters. The molecule has 9 aromatic rings. The quantitative estimate of drug-likeness (QED) is 0.150. The van der Waals surface area contributed by atoms with Crippen LogP contribution in [0.3, 0.4) is 0 Å². The Morgan fingerprint density at radius 1 is 0.393 bits per heavy atom. The van der Waals surface area contributed by atoms with Gasteiger partial charge in [-0.25, -0.2) is 0 Å². The third kappa shape index (κ3) is 6.88. The molecular weight excluding hydrogens is 734 g/mol. The Balaban J connectivity index is 1.27. The maximum Gasteiger partial charge on any atom is 0.453 e. The minimum Gasteiger partial charge on any atom is -0.390 e. The number of benzene rings is 7. The molecular formula is C48H40O6P2. The van der Waals surface area contributed by atoms with Gasteiger partial charge in [-0.1, -0.05) is 138 Å². The first-order valence-electron chi connectivity index (χ1n) is 18.6. The van der Waals surface area contributed by atoms with E-state index in [-0.39, 0.29) is 5.92 Å². The highest BCUT2D eigenvalue weighted by Gasteiger charge is 2.29. The lowest BCUT2D eigenvalue weighted by Gasteiger charge is -2.26. The standard InChI is InChI=1S/C48H40O6P2/c1-30-22-24-35(25-23-30)46(40-28-31(2)26-33(4)47(40)53-55-49-42-18-10-6-14-36(42)37-15-7-11-19-43(37)50-55)41-29-32(3)27-34(5)48(41)54-56-51-44-20-12-8-16-38(44)39-17-9-13-21-45(39)52-56/h6-29,46H,1-5H3. The van der Waals surface area contributed by atoms with Gasteiger partial charge in [-0.3, -0.25) is 0 Å². The second kappa shape index (κ2) is 14.9. The summed E-state index contributed by atoms with van der Waals surface area (Å²) in [7, 11) is -3.82. The number of rotatable bonds is 7. The minimum absolute atomic E-state index is 0.319. The van der Waals surface area contributed by atoms with Crippen LogP contribution in [-0.2, 0) is 0 Å². The number of aryl methyl sites for hydroxylation is 5. The molecule has 0 saturated carbocycles. The Morgan fingerprint density at radius 2 is 0.732 bits per heavy atom. The normalized spacial score (nSPS) is 11.5. The van der Waals surface area contributed by atoms with Gasteiger partial charge in [-0.2, -0.15) is 0 Å². The van der Waals surface area contributed by atoms with Crippen LogP contribution in [0.5, 0.6) is 11.5 Å². The highest BCUT2D eigenvalue weighted by Crippen LogP contribution is 2.49. The maximum atomic E-state index is 6.99. The first-order chi connectivity index (χ1) is 27.3. The number of hydrogen-bond donors (Lipinski definition) is 0. The fourth-order valence-corrected chi connectivity index (χ4v) is 9.90. The topological polar surface area (TPSA) is 71.0 Å². The van der Waals surface area contributed by atoms with E-state index < -0.39 is 16.5 Å². The highest BCUT2D eigenvalue weighted by atomic mass is 31.1. The Kier molecular flexibility index (Phi) is 9.47. The zero-order valence-electron chi connectivity index (χ0n) is 31.8. The van der Waals surface area contributed by atoms with Crippen LogP contribution in [0.25, 0.3) is 43.9 Å². The van der Waals surface area contributed by atoms with E-state index >= 15 is 0 Å². The molecule has 56 heavy (non-hydrogen) atoms. The molecule has 0 aliphatic carbocycles. The lowest BCUT2D eigenvalue weighted by Crippen LogP contribution is -2.09. The second-order valence-electron chi connectivity index (χ2n) is 14.3. The van der Waals surface area contributed by atoms with Crippen molar-refractivity contribution in [2.75, 3.05) is 0 Å². The van der Waals surface area contributed by atoms with Crippen molar-refractivity contribution >= 4 is 60.4 Å². The number of para-hydroxylation sites is 4. The Bertz CT molecular complexity index is 2700. The zero-order valence-corrected chi connectivity index (χ0v) is 33.6. The second-order valence-corrected chi connectivity index (χ2v) is 16.3. The van der Waals surface area contributed by atoms with Crippen LogP contribution in [0.2, 0.25) is 0 Å². The van der Waals surface area contributed by atoms with Gasteiger partial charge in [0.1, 0.15) is 33.8 Å². The average Bonchev–Trinajstić information content (AvgIpc) is 3.45. The van der Waals surface area contributed by atoms with Gasteiger partial charge in [0, 0.05) is 38.6 Å². The smallest absolute Gasteiger partial charge is 0.390 e. The van der Waals surface area contributed by atoms with Crippen LogP contribution in [0, 0.1) is 34.6 Å². The van der Waals surface area contributed by atoms with Crippen LogP contribution < -0.4 is 9.05 Å². The first kappa shape index (κ1) is 35.6. The van der Waals surface area contributed by atoms with Crippen molar-refractivity contribution < 1.29 is 25.8 Å². The van der Waals surface area contributed by atoms with Crippen molar-refractivity contribution in [2.45, 2.75) is 40.5 Å². The van der Waals surface area contributed by atoms with Crippen molar-refractivity contribution in [3.8, 4) is 11.5 Å². The molecule has 0 aliphatic rings. The molecule has 6 nitrogen and oxygen atoms in total. The maximum absolute atomic E-state index is 6.99. The molecule has 0 atom stereocenters. The Labute approximate surface area is 327 Å². The Hall–Kier alpha value is -6.06. The molecule has 0 radical (unpaired) electrons. The lowest BCUT2D eigenvalue weighted by atomic mass is 9.81. The fourth-order valence-electron chi connectivity index (χ4n) is 7.60. The number of fused-ring (bicyclic) bond motifs is 6. The summed E-state index contributed by atoms with van der Waals surface area (Å²) < 4.78 is 40.3. The van der Waals surface area contributed by atoms with Gasteiger partial charge in [0.05, 0.1) is 0 Å². The highest BCUT2D eigenvalue weighted by molar-refractivity contribution is 7.32. The molecule has 0 fully saturated rings. The van der Waals surface area contributed by atoms with E-state index in [9.17, 15) is 0 Å². The SMILES string of the molecule is Cc1ccc(C(c2cc(C)cc(C)c2Op2oc3ccccc3c3ccccc3o2)c2cc(C)cc(C)c2Op2oc3ccccc3c3ccccc3o2)cc1. The molecule has 0 bridgehead atoms. The molecule has 0 amide bonds. The van der Waals surface area contributed by atoms with Crippen LogP contribution >= 0.6 is 16.5 Å². The van der Waals surface area contributed by atoms with E-state index in [0.29, 0.717) is 33.8 Å². The predicted octanol–water partition coefficient (Wildman–Crippen LogP) is 15.3. The summed E-state index contributed by atoms with van der Waals surface area (Å²) in [5.41, 5.74) is 11.2. The summed E-state index contributed by atoms with van der Waals surface area (Å²) in [5, 5.41) is 3.84. The Morgan fingerprint density at radius 3 is 1.09 bits per heavy atom. The van der Waals surface area contributed by atoms with Gasteiger partial charge in [0.25, 0.3) is 0 Å². The first-order valence-corrected chi connectivity index (χ1v) is 20.8. The lowest BCUT2D eigenvalue weighted by molar-refractivity contribution is 0.486. The van der Waals surface area contributed by atoms with Gasteiger partial charge in [-0.15, -0.1) is 0 Å².